The van der Waals surface area contributed by atoms with Gasteiger partial charge in [0.1, 0.15) is 17.0 Å². The van der Waals surface area contributed by atoms with E-state index in [1.165, 1.54) is 0 Å². The minimum Gasteiger partial charge on any atom is -0.496 e. The zero-order chi connectivity index (χ0) is 18.1. The number of rotatable bonds is 5. The third kappa shape index (κ3) is 3.02. The minimum absolute atomic E-state index is 0.112. The van der Waals surface area contributed by atoms with Crippen LogP contribution in [0.15, 0.2) is 40.8 Å². The second-order valence-corrected chi connectivity index (χ2v) is 6.47. The van der Waals surface area contributed by atoms with Gasteiger partial charge in [-0.2, -0.15) is 0 Å². The van der Waals surface area contributed by atoms with Gasteiger partial charge in [0.15, 0.2) is 5.58 Å². The van der Waals surface area contributed by atoms with E-state index in [4.69, 9.17) is 13.9 Å². The molecule has 6 nitrogen and oxygen atoms in total. The van der Waals surface area contributed by atoms with E-state index in [0.29, 0.717) is 25.3 Å². The van der Waals surface area contributed by atoms with E-state index in [1.54, 1.807) is 14.2 Å². The molecule has 2 atom stereocenters. The van der Waals surface area contributed by atoms with Crippen molar-refractivity contribution in [2.45, 2.75) is 31.5 Å². The molecule has 0 unspecified atom stereocenters. The van der Waals surface area contributed by atoms with E-state index >= 15 is 0 Å². The SMILES string of the molecule is COc1ccc(OC)c2c1C[C@H](NCc1nc3ccccc3o1)[C@@H](O)C2. The van der Waals surface area contributed by atoms with Crippen molar-refractivity contribution in [3.8, 4) is 11.5 Å². The number of nitrogens with zero attached hydrogens (tertiary/aromatic N) is 1. The van der Waals surface area contributed by atoms with Crippen LogP contribution in [0.5, 0.6) is 11.5 Å². The Morgan fingerprint density at radius 1 is 1.08 bits per heavy atom. The summed E-state index contributed by atoms with van der Waals surface area (Å²) in [7, 11) is 3.31. The molecule has 26 heavy (non-hydrogen) atoms. The lowest BCUT2D eigenvalue weighted by Gasteiger charge is -2.32. The highest BCUT2D eigenvalue weighted by Gasteiger charge is 2.31. The Morgan fingerprint density at radius 2 is 1.77 bits per heavy atom. The summed E-state index contributed by atoms with van der Waals surface area (Å²) in [4.78, 5) is 4.47. The van der Waals surface area contributed by atoms with Gasteiger partial charge in [0, 0.05) is 23.6 Å². The molecular weight excluding hydrogens is 332 g/mol. The second-order valence-electron chi connectivity index (χ2n) is 6.47. The topological polar surface area (TPSA) is 76.8 Å². The van der Waals surface area contributed by atoms with Crippen molar-refractivity contribution >= 4 is 11.1 Å². The van der Waals surface area contributed by atoms with Crippen LogP contribution in [0.1, 0.15) is 17.0 Å². The third-order valence-electron chi connectivity index (χ3n) is 4.94. The molecule has 0 saturated carbocycles. The van der Waals surface area contributed by atoms with E-state index in [9.17, 15) is 5.11 Å². The monoisotopic (exact) mass is 354 g/mol. The van der Waals surface area contributed by atoms with Gasteiger partial charge in [-0.15, -0.1) is 0 Å². The maximum atomic E-state index is 10.6. The van der Waals surface area contributed by atoms with Gasteiger partial charge >= 0.3 is 0 Å². The number of aromatic nitrogens is 1. The zero-order valence-electron chi connectivity index (χ0n) is 14.9. The van der Waals surface area contributed by atoms with E-state index in [2.05, 4.69) is 10.3 Å². The molecule has 4 rings (SSSR count). The molecular formula is C20H22N2O4. The number of hydrogen-bond acceptors (Lipinski definition) is 6. The highest BCUT2D eigenvalue weighted by molar-refractivity contribution is 5.72. The van der Waals surface area contributed by atoms with Gasteiger partial charge in [0.2, 0.25) is 5.89 Å². The number of hydrogen-bond donors (Lipinski definition) is 2. The Kier molecular flexibility index (Phi) is 4.53. The third-order valence-corrected chi connectivity index (χ3v) is 4.94. The van der Waals surface area contributed by atoms with E-state index in [0.717, 1.165) is 33.7 Å². The molecule has 0 aliphatic heterocycles. The smallest absolute Gasteiger partial charge is 0.209 e. The summed E-state index contributed by atoms with van der Waals surface area (Å²) in [6, 6.07) is 11.4. The van der Waals surface area contributed by atoms with Crippen LogP contribution < -0.4 is 14.8 Å². The summed E-state index contributed by atoms with van der Waals surface area (Å²) in [6.07, 6.45) is 0.644. The highest BCUT2D eigenvalue weighted by atomic mass is 16.5. The van der Waals surface area contributed by atoms with Gasteiger partial charge in [0.25, 0.3) is 0 Å². The molecule has 0 fully saturated rings. The predicted octanol–water partition coefficient (Wildman–Crippen LogP) is 2.46. The fourth-order valence-corrected chi connectivity index (χ4v) is 3.61. The second kappa shape index (κ2) is 6.97. The number of aliphatic hydroxyl groups excluding tert-OH is 1. The van der Waals surface area contributed by atoms with Crippen molar-refractivity contribution in [2.75, 3.05) is 14.2 Å². The normalized spacial score (nSPS) is 19.3. The predicted molar refractivity (Wildman–Crippen MR) is 97.6 cm³/mol. The van der Waals surface area contributed by atoms with Crippen molar-refractivity contribution in [2.24, 2.45) is 0 Å². The van der Waals surface area contributed by atoms with Gasteiger partial charge in [-0.05, 0) is 30.7 Å². The van der Waals surface area contributed by atoms with Crippen LogP contribution in [-0.4, -0.2) is 36.5 Å². The Bertz CT molecular complexity index is 888. The van der Waals surface area contributed by atoms with Gasteiger partial charge in [-0.3, -0.25) is 0 Å². The number of fused-ring (bicyclic) bond motifs is 2. The average Bonchev–Trinajstić information content (AvgIpc) is 3.08. The maximum Gasteiger partial charge on any atom is 0.209 e. The Hall–Kier alpha value is -2.57. The van der Waals surface area contributed by atoms with Crippen LogP contribution in [0.3, 0.4) is 0 Å². The number of benzene rings is 2. The van der Waals surface area contributed by atoms with Crippen LogP contribution in [0.2, 0.25) is 0 Å². The Labute approximate surface area is 151 Å². The fourth-order valence-electron chi connectivity index (χ4n) is 3.61. The number of methoxy groups -OCH3 is 2. The molecule has 2 aromatic carbocycles. The van der Waals surface area contributed by atoms with Crippen LogP contribution in [-0.2, 0) is 19.4 Å². The summed E-state index contributed by atoms with van der Waals surface area (Å²) in [5.74, 6) is 2.22. The molecule has 0 amide bonds. The molecule has 2 N–H and O–H groups in total. The summed E-state index contributed by atoms with van der Waals surface area (Å²) < 4.78 is 16.7. The molecule has 1 aliphatic rings. The summed E-state index contributed by atoms with van der Waals surface area (Å²) in [5.41, 5.74) is 3.70. The first-order valence-corrected chi connectivity index (χ1v) is 8.68. The van der Waals surface area contributed by atoms with Crippen molar-refractivity contribution in [1.82, 2.24) is 10.3 Å². The van der Waals surface area contributed by atoms with Crippen molar-refractivity contribution in [3.05, 3.63) is 53.4 Å². The molecule has 0 radical (unpaired) electrons. The largest absolute Gasteiger partial charge is 0.496 e. The Balaban J connectivity index is 1.53. The maximum absolute atomic E-state index is 10.6. The molecule has 0 bridgehead atoms. The van der Waals surface area contributed by atoms with Crippen LogP contribution >= 0.6 is 0 Å². The van der Waals surface area contributed by atoms with Crippen LogP contribution in [0.25, 0.3) is 11.1 Å². The van der Waals surface area contributed by atoms with Crippen molar-refractivity contribution < 1.29 is 19.0 Å². The number of aliphatic hydroxyl groups is 1. The lowest BCUT2D eigenvalue weighted by Crippen LogP contribution is -2.45. The summed E-state index contributed by atoms with van der Waals surface area (Å²) >= 11 is 0. The molecule has 6 heteroatoms. The first-order chi connectivity index (χ1) is 12.7. The van der Waals surface area contributed by atoms with Gasteiger partial charge in [-0.25, -0.2) is 4.98 Å². The molecule has 0 spiro atoms. The Morgan fingerprint density at radius 3 is 2.46 bits per heavy atom. The quantitative estimate of drug-likeness (QED) is 0.733. The van der Waals surface area contributed by atoms with Gasteiger partial charge in [0.05, 0.1) is 26.9 Å². The fraction of sp³-hybridized carbons (Fsp3) is 0.350. The van der Waals surface area contributed by atoms with E-state index in [1.807, 2.05) is 36.4 Å². The number of nitrogens with one attached hydrogen (secondary N) is 1. The average molecular weight is 354 g/mol. The molecule has 0 saturated heterocycles. The van der Waals surface area contributed by atoms with Crippen LogP contribution in [0, 0.1) is 0 Å². The van der Waals surface area contributed by atoms with E-state index < -0.39 is 6.10 Å². The molecule has 1 aliphatic carbocycles. The number of para-hydroxylation sites is 2. The molecule has 3 aromatic rings. The number of oxazole rings is 1. The molecule has 136 valence electrons. The summed E-state index contributed by atoms with van der Waals surface area (Å²) in [6.45, 7) is 0.456. The summed E-state index contributed by atoms with van der Waals surface area (Å²) in [5, 5.41) is 14.0. The lowest BCUT2D eigenvalue weighted by molar-refractivity contribution is 0.115. The first-order valence-electron chi connectivity index (χ1n) is 8.68. The standard InChI is InChI=1S/C20H22N2O4/c1-24-17-7-8-18(25-2)13-10-16(23)15(9-12(13)17)21-11-20-22-14-5-3-4-6-19(14)26-20/h3-8,15-16,21,23H,9-11H2,1-2H3/t15-,16-/m0/s1. The zero-order valence-corrected chi connectivity index (χ0v) is 14.9. The van der Waals surface area contributed by atoms with Gasteiger partial charge < -0.3 is 24.3 Å². The molecule has 1 aromatic heterocycles. The van der Waals surface area contributed by atoms with Crippen molar-refractivity contribution in [3.63, 3.8) is 0 Å². The first kappa shape index (κ1) is 16.9. The van der Waals surface area contributed by atoms with Gasteiger partial charge in [-0.1, -0.05) is 12.1 Å². The molecule has 1 heterocycles. The minimum atomic E-state index is -0.520. The highest BCUT2D eigenvalue weighted by Crippen LogP contribution is 2.36. The number of ether oxygens (including phenoxy) is 2. The van der Waals surface area contributed by atoms with E-state index in [-0.39, 0.29) is 6.04 Å². The van der Waals surface area contributed by atoms with Crippen LogP contribution in [0.4, 0.5) is 0 Å². The lowest BCUT2D eigenvalue weighted by atomic mass is 9.85. The van der Waals surface area contributed by atoms with Crippen molar-refractivity contribution in [1.29, 1.82) is 0 Å².